The van der Waals surface area contributed by atoms with Crippen LogP contribution in [-0.4, -0.2) is 49.8 Å². The lowest BCUT2D eigenvalue weighted by atomic mass is 10.4. The molecule has 1 aromatic heterocycles. The van der Waals surface area contributed by atoms with Crippen molar-refractivity contribution < 1.29 is 13.2 Å². The maximum absolute atomic E-state index is 12.4. The van der Waals surface area contributed by atoms with E-state index in [-0.39, 0.29) is 23.9 Å². The van der Waals surface area contributed by atoms with E-state index in [1.54, 1.807) is 0 Å². The maximum atomic E-state index is 12.4. The van der Waals surface area contributed by atoms with Crippen LogP contribution in [0.15, 0.2) is 23.2 Å². The van der Waals surface area contributed by atoms with Crippen molar-refractivity contribution in [1.82, 2.24) is 14.6 Å². The number of nitrogens with one attached hydrogen (secondary N) is 2. The van der Waals surface area contributed by atoms with Gasteiger partial charge in [-0.1, -0.05) is 6.92 Å². The summed E-state index contributed by atoms with van der Waals surface area (Å²) < 4.78 is 26.1. The van der Waals surface area contributed by atoms with Gasteiger partial charge in [-0.05, 0) is 12.5 Å². The van der Waals surface area contributed by atoms with Crippen LogP contribution >= 0.6 is 0 Å². The van der Waals surface area contributed by atoms with Crippen molar-refractivity contribution in [2.24, 2.45) is 0 Å². The molecule has 7 nitrogen and oxygen atoms in total. The minimum atomic E-state index is -3.65. The molecule has 1 aromatic rings. The van der Waals surface area contributed by atoms with Crippen molar-refractivity contribution in [2.45, 2.75) is 18.2 Å². The Morgan fingerprint density at radius 2 is 2.30 bits per heavy atom. The largest absolute Gasteiger partial charge is 0.370 e. The molecule has 0 radical (unpaired) electrons. The first-order valence-electron chi connectivity index (χ1n) is 6.51. The smallest absolute Gasteiger partial charge is 0.243 e. The van der Waals surface area contributed by atoms with Crippen molar-refractivity contribution in [3.8, 4) is 0 Å². The quantitative estimate of drug-likeness (QED) is 0.800. The zero-order valence-electron chi connectivity index (χ0n) is 11.3. The van der Waals surface area contributed by atoms with Gasteiger partial charge in [-0.3, -0.25) is 4.79 Å². The predicted octanol–water partition coefficient (Wildman–Crippen LogP) is 0.0240. The molecule has 0 unspecified atom stereocenters. The minimum absolute atomic E-state index is 0.137. The molecule has 2 N–H and O–H groups in total. The average Bonchev–Trinajstić information content (AvgIpc) is 2.45. The van der Waals surface area contributed by atoms with Gasteiger partial charge < -0.3 is 10.6 Å². The van der Waals surface area contributed by atoms with Gasteiger partial charge in [0.1, 0.15) is 5.82 Å². The Hall–Kier alpha value is -1.67. The summed E-state index contributed by atoms with van der Waals surface area (Å²) in [5, 5.41) is 5.65. The number of carbonyl (C=O) groups is 1. The predicted molar refractivity (Wildman–Crippen MR) is 74.8 cm³/mol. The highest BCUT2D eigenvalue weighted by molar-refractivity contribution is 7.89. The molecule has 1 fully saturated rings. The van der Waals surface area contributed by atoms with Gasteiger partial charge in [-0.2, -0.15) is 4.31 Å². The fourth-order valence-electron chi connectivity index (χ4n) is 1.89. The fraction of sp³-hybridized carbons (Fsp3) is 0.500. The summed E-state index contributed by atoms with van der Waals surface area (Å²) in [6, 6.07) is 2.94. The highest BCUT2D eigenvalue weighted by atomic mass is 32.2. The van der Waals surface area contributed by atoms with E-state index >= 15 is 0 Å². The summed E-state index contributed by atoms with van der Waals surface area (Å²) in [5.41, 5.74) is 0. The van der Waals surface area contributed by atoms with E-state index in [1.807, 2.05) is 6.92 Å². The number of sulfonamides is 1. The van der Waals surface area contributed by atoms with Crippen LogP contribution in [0.25, 0.3) is 0 Å². The molecule has 1 amide bonds. The molecule has 0 bridgehead atoms. The molecule has 0 aromatic carbocycles. The molecule has 0 aliphatic carbocycles. The lowest BCUT2D eigenvalue weighted by Crippen LogP contribution is -2.49. The van der Waals surface area contributed by atoms with Gasteiger partial charge in [0.05, 0.1) is 11.4 Å². The number of hydrogen-bond acceptors (Lipinski definition) is 5. The van der Waals surface area contributed by atoms with E-state index in [0.717, 1.165) is 13.0 Å². The summed E-state index contributed by atoms with van der Waals surface area (Å²) in [7, 11) is -3.65. The molecule has 0 atom stereocenters. The molecule has 0 saturated carbocycles. The van der Waals surface area contributed by atoms with Crippen LogP contribution in [0.1, 0.15) is 13.3 Å². The van der Waals surface area contributed by atoms with Crippen LogP contribution in [0.2, 0.25) is 0 Å². The lowest BCUT2D eigenvalue weighted by molar-refractivity contribution is -0.122. The van der Waals surface area contributed by atoms with Crippen molar-refractivity contribution in [1.29, 1.82) is 0 Å². The normalized spacial score (nSPS) is 16.8. The van der Waals surface area contributed by atoms with E-state index in [0.29, 0.717) is 12.4 Å². The Morgan fingerprint density at radius 3 is 3.00 bits per heavy atom. The van der Waals surface area contributed by atoms with Crippen molar-refractivity contribution >= 4 is 21.7 Å². The third-order valence-electron chi connectivity index (χ3n) is 2.93. The first kappa shape index (κ1) is 14.7. The topological polar surface area (TPSA) is 91.4 Å². The second-order valence-corrected chi connectivity index (χ2v) is 6.43. The summed E-state index contributed by atoms with van der Waals surface area (Å²) in [6.07, 6.45) is 2.37. The van der Waals surface area contributed by atoms with Crippen LogP contribution in [0.3, 0.4) is 0 Å². The average molecular weight is 298 g/mol. The number of anilines is 1. The number of aromatic nitrogens is 1. The van der Waals surface area contributed by atoms with Crippen LogP contribution in [-0.2, 0) is 14.8 Å². The van der Waals surface area contributed by atoms with Crippen molar-refractivity contribution in [3.63, 3.8) is 0 Å². The lowest BCUT2D eigenvalue weighted by Gasteiger charge is -2.25. The number of nitrogens with zero attached hydrogens (tertiary/aromatic N) is 2. The van der Waals surface area contributed by atoms with Crippen LogP contribution < -0.4 is 10.6 Å². The van der Waals surface area contributed by atoms with Gasteiger partial charge in [-0.15, -0.1) is 0 Å². The number of pyridine rings is 1. The van der Waals surface area contributed by atoms with E-state index in [2.05, 4.69) is 15.6 Å². The molecular formula is C12H18N4O3S. The van der Waals surface area contributed by atoms with Gasteiger partial charge in [0.25, 0.3) is 0 Å². The zero-order valence-corrected chi connectivity index (χ0v) is 12.1. The number of carbonyl (C=O) groups excluding carboxylic acids is 1. The number of hydrogen-bond donors (Lipinski definition) is 2. The third kappa shape index (κ3) is 3.26. The molecule has 1 aliphatic heterocycles. The first-order chi connectivity index (χ1) is 9.54. The minimum Gasteiger partial charge on any atom is -0.370 e. The van der Waals surface area contributed by atoms with Gasteiger partial charge in [0, 0.05) is 31.9 Å². The van der Waals surface area contributed by atoms with Gasteiger partial charge >= 0.3 is 0 Å². The van der Waals surface area contributed by atoms with Crippen LogP contribution in [0, 0.1) is 0 Å². The molecule has 2 rings (SSSR count). The van der Waals surface area contributed by atoms with E-state index in [9.17, 15) is 13.2 Å². The summed E-state index contributed by atoms with van der Waals surface area (Å²) in [5.74, 6) is 0.243. The Morgan fingerprint density at radius 1 is 1.50 bits per heavy atom. The molecule has 20 heavy (non-hydrogen) atoms. The molecular weight excluding hydrogens is 280 g/mol. The summed E-state index contributed by atoms with van der Waals surface area (Å²) >= 11 is 0. The second kappa shape index (κ2) is 6.19. The zero-order chi connectivity index (χ0) is 14.6. The van der Waals surface area contributed by atoms with Crippen LogP contribution in [0.4, 0.5) is 5.82 Å². The monoisotopic (exact) mass is 298 g/mol. The third-order valence-corrected chi connectivity index (χ3v) is 4.77. The molecule has 110 valence electrons. The van der Waals surface area contributed by atoms with E-state index in [4.69, 9.17) is 0 Å². The Balaban J connectivity index is 2.22. The van der Waals surface area contributed by atoms with Crippen molar-refractivity contribution in [2.75, 3.05) is 31.5 Å². The highest BCUT2D eigenvalue weighted by Crippen LogP contribution is 2.18. The molecule has 1 saturated heterocycles. The Bertz CT molecular complexity index is 588. The second-order valence-electron chi connectivity index (χ2n) is 4.49. The SMILES string of the molecule is CCCNc1cc(S(=O)(=O)N2CCNC(=O)C2)ccn1. The Labute approximate surface area is 118 Å². The Kier molecular flexibility index (Phi) is 4.56. The van der Waals surface area contributed by atoms with Crippen molar-refractivity contribution in [3.05, 3.63) is 18.3 Å². The summed E-state index contributed by atoms with van der Waals surface area (Å²) in [6.45, 7) is 3.23. The fourth-order valence-corrected chi connectivity index (χ4v) is 3.30. The number of piperazine rings is 1. The number of amides is 1. The first-order valence-corrected chi connectivity index (χ1v) is 7.95. The standard InChI is InChI=1S/C12H18N4O3S/c1-2-4-13-11-8-10(3-5-14-11)20(18,19)16-7-6-15-12(17)9-16/h3,5,8H,2,4,6-7,9H2,1H3,(H,13,14)(H,15,17). The summed E-state index contributed by atoms with van der Waals surface area (Å²) in [4.78, 5) is 15.5. The molecule has 1 aliphatic rings. The van der Waals surface area contributed by atoms with E-state index < -0.39 is 10.0 Å². The van der Waals surface area contributed by atoms with Gasteiger partial charge in [0.15, 0.2) is 0 Å². The maximum Gasteiger partial charge on any atom is 0.243 e. The molecule has 0 spiro atoms. The van der Waals surface area contributed by atoms with Gasteiger partial charge in [0.2, 0.25) is 15.9 Å². The number of rotatable bonds is 5. The van der Waals surface area contributed by atoms with Gasteiger partial charge in [-0.25, -0.2) is 13.4 Å². The molecule has 2 heterocycles. The van der Waals surface area contributed by atoms with Crippen LogP contribution in [0.5, 0.6) is 0 Å². The highest BCUT2D eigenvalue weighted by Gasteiger charge is 2.29. The van der Waals surface area contributed by atoms with E-state index in [1.165, 1.54) is 22.6 Å². The molecule has 8 heteroatoms.